The number of aromatic nitrogens is 4. The maximum atomic E-state index is 14.7. The molecule has 0 radical (unpaired) electrons. The predicted octanol–water partition coefficient (Wildman–Crippen LogP) is 5.85. The van der Waals surface area contributed by atoms with E-state index in [1.165, 1.54) is 0 Å². The Balaban J connectivity index is 1.44. The lowest BCUT2D eigenvalue weighted by atomic mass is 9.50. The van der Waals surface area contributed by atoms with E-state index < -0.39 is 28.8 Å². The minimum atomic E-state index is -0.773. The van der Waals surface area contributed by atoms with Gasteiger partial charge in [0.2, 0.25) is 5.91 Å². The summed E-state index contributed by atoms with van der Waals surface area (Å²) in [5.74, 6) is -1.21. The van der Waals surface area contributed by atoms with Gasteiger partial charge in [0.25, 0.3) is 0 Å². The lowest BCUT2D eigenvalue weighted by Crippen LogP contribution is -2.61. The van der Waals surface area contributed by atoms with Crippen molar-refractivity contribution in [3.05, 3.63) is 93.0 Å². The smallest absolute Gasteiger partial charge is 0.306 e. The van der Waals surface area contributed by atoms with E-state index in [0.29, 0.717) is 54.6 Å². The number of amides is 1. The second-order valence-corrected chi connectivity index (χ2v) is 14.7. The number of halogens is 2. The van der Waals surface area contributed by atoms with Crippen LogP contribution in [0, 0.1) is 5.92 Å². The van der Waals surface area contributed by atoms with Gasteiger partial charge in [-0.05, 0) is 89.7 Å². The number of hydrogen-bond donors (Lipinski definition) is 4. The second-order valence-electron chi connectivity index (χ2n) is 13.9. The average molecular weight is 689 g/mol. The van der Waals surface area contributed by atoms with Gasteiger partial charge in [0.05, 0.1) is 12.0 Å². The Kier molecular flexibility index (Phi) is 8.46. The maximum Gasteiger partial charge on any atom is 0.306 e. The molecule has 4 N–H and O–H groups in total. The molecular weight excluding hydrogens is 649 g/mol. The van der Waals surface area contributed by atoms with E-state index in [1.807, 2.05) is 37.4 Å². The molecule has 1 fully saturated rings. The Morgan fingerprint density at radius 3 is 2.48 bits per heavy atom. The fourth-order valence-electron chi connectivity index (χ4n) is 8.77. The zero-order chi connectivity index (χ0) is 33.8. The van der Waals surface area contributed by atoms with Crippen molar-refractivity contribution >= 4 is 40.8 Å². The van der Waals surface area contributed by atoms with Crippen molar-refractivity contribution in [3.8, 4) is 11.4 Å². The lowest BCUT2D eigenvalue weighted by molar-refractivity contribution is -0.142. The first-order valence-corrected chi connectivity index (χ1v) is 17.2. The molecule has 12 heteroatoms. The van der Waals surface area contributed by atoms with Crippen LogP contribution in [0.4, 0.5) is 5.69 Å². The summed E-state index contributed by atoms with van der Waals surface area (Å²) < 4.78 is 0. The monoisotopic (exact) mass is 687 g/mol. The van der Waals surface area contributed by atoms with Crippen LogP contribution in [0.5, 0.6) is 0 Å². The molecule has 1 aromatic heterocycles. The molecule has 7 rings (SSSR count). The van der Waals surface area contributed by atoms with Crippen molar-refractivity contribution in [3.63, 3.8) is 0 Å². The number of fused-ring (bicyclic) bond motifs is 7. The Bertz CT molecular complexity index is 1860. The van der Waals surface area contributed by atoms with Crippen LogP contribution in [-0.4, -0.2) is 63.3 Å². The molecule has 4 aromatic rings. The first-order valence-electron chi connectivity index (χ1n) is 16.4. The van der Waals surface area contributed by atoms with Gasteiger partial charge < -0.3 is 20.6 Å². The number of likely N-dealkylation sites (N-methyl/N-ethyl adjacent to an activating group) is 1. The highest BCUT2D eigenvalue weighted by molar-refractivity contribution is 6.31. The molecule has 3 atom stereocenters. The summed E-state index contributed by atoms with van der Waals surface area (Å²) in [7, 11) is 1.82. The van der Waals surface area contributed by atoms with Gasteiger partial charge >= 0.3 is 5.97 Å². The topological polar surface area (TPSA) is 136 Å². The van der Waals surface area contributed by atoms with Gasteiger partial charge in [0.15, 0.2) is 5.82 Å². The first kappa shape index (κ1) is 32.6. The minimum absolute atomic E-state index is 0.122. The largest absolute Gasteiger partial charge is 0.481 e. The van der Waals surface area contributed by atoms with E-state index >= 15 is 0 Å². The first-order chi connectivity index (χ1) is 23.0. The van der Waals surface area contributed by atoms with Crippen molar-refractivity contribution in [2.24, 2.45) is 5.92 Å². The zero-order valence-electron chi connectivity index (χ0n) is 27.1. The van der Waals surface area contributed by atoms with Crippen molar-refractivity contribution < 1.29 is 14.7 Å². The normalized spacial score (nSPS) is 23.8. The van der Waals surface area contributed by atoms with Gasteiger partial charge in [-0.1, -0.05) is 73.4 Å². The number of H-pyrrole nitrogens is 1. The van der Waals surface area contributed by atoms with Crippen molar-refractivity contribution in [1.29, 1.82) is 0 Å². The van der Waals surface area contributed by atoms with E-state index in [2.05, 4.69) is 80.3 Å². The summed E-state index contributed by atoms with van der Waals surface area (Å²) in [4.78, 5) is 28.7. The van der Waals surface area contributed by atoms with Crippen LogP contribution in [0.25, 0.3) is 11.4 Å². The Morgan fingerprint density at radius 1 is 1.02 bits per heavy atom. The fraction of sp³-hybridized carbons (Fsp3) is 0.417. The van der Waals surface area contributed by atoms with Crippen LogP contribution < -0.4 is 15.5 Å². The number of carboxylic acid groups (broad SMARTS) is 1. The van der Waals surface area contributed by atoms with Crippen molar-refractivity contribution in [2.75, 3.05) is 18.5 Å². The van der Waals surface area contributed by atoms with Gasteiger partial charge in [0, 0.05) is 57.2 Å². The molecule has 250 valence electrons. The molecule has 1 saturated carbocycles. The number of aliphatic carboxylic acids is 1. The number of aromatic amines is 1. The minimum Gasteiger partial charge on any atom is -0.481 e. The Morgan fingerprint density at radius 2 is 1.79 bits per heavy atom. The van der Waals surface area contributed by atoms with Crippen LogP contribution in [0.1, 0.15) is 67.7 Å². The van der Waals surface area contributed by atoms with E-state index in [0.717, 1.165) is 33.5 Å². The molecule has 0 unspecified atom stereocenters. The van der Waals surface area contributed by atoms with Gasteiger partial charge in [-0.25, -0.2) is 5.10 Å². The van der Waals surface area contributed by atoms with Crippen LogP contribution in [0.2, 0.25) is 10.0 Å². The molecule has 3 aliphatic rings. The second kappa shape index (κ2) is 12.5. The number of carboxylic acids is 1. The number of tetrazole rings is 1. The van der Waals surface area contributed by atoms with Crippen LogP contribution in [-0.2, 0) is 27.0 Å². The third-order valence-corrected chi connectivity index (χ3v) is 11.8. The number of benzene rings is 3. The van der Waals surface area contributed by atoms with Crippen LogP contribution in [0.3, 0.4) is 0 Å². The summed E-state index contributed by atoms with van der Waals surface area (Å²) in [5.41, 5.74) is 4.63. The summed E-state index contributed by atoms with van der Waals surface area (Å²) in [5, 5.41) is 32.5. The molecule has 0 saturated heterocycles. The number of carbonyl (C=O) groups excluding carboxylic acids is 1. The Hall–Kier alpha value is -3.99. The summed E-state index contributed by atoms with van der Waals surface area (Å²) in [6.45, 7) is 5.73. The van der Waals surface area contributed by atoms with E-state index in [-0.39, 0.29) is 17.9 Å². The molecule has 4 bridgehead atoms. The van der Waals surface area contributed by atoms with Crippen LogP contribution in [0.15, 0.2) is 60.7 Å². The molecule has 3 heterocycles. The molecule has 1 amide bonds. The highest BCUT2D eigenvalue weighted by Crippen LogP contribution is 2.62. The molecule has 10 nitrogen and oxygen atoms in total. The van der Waals surface area contributed by atoms with E-state index in [9.17, 15) is 14.7 Å². The van der Waals surface area contributed by atoms with Gasteiger partial charge in [-0.3, -0.25) is 9.59 Å². The maximum absolute atomic E-state index is 14.7. The molecule has 1 aliphatic carbocycles. The number of rotatable bonds is 8. The molecule has 2 aliphatic heterocycles. The van der Waals surface area contributed by atoms with E-state index in [4.69, 9.17) is 23.2 Å². The number of anilines is 1. The van der Waals surface area contributed by atoms with E-state index in [1.54, 1.807) is 0 Å². The van der Waals surface area contributed by atoms with Gasteiger partial charge in [-0.2, -0.15) is 0 Å². The highest BCUT2D eigenvalue weighted by Gasteiger charge is 2.62. The number of hydrogen-bond acceptors (Lipinski definition) is 7. The number of carbonyl (C=O) groups is 2. The fourth-order valence-corrected chi connectivity index (χ4v) is 9.20. The Labute approximate surface area is 289 Å². The van der Waals surface area contributed by atoms with Crippen LogP contribution >= 0.6 is 23.2 Å². The third kappa shape index (κ3) is 5.25. The van der Waals surface area contributed by atoms with Gasteiger partial charge in [-0.15, -0.1) is 5.10 Å². The molecule has 48 heavy (non-hydrogen) atoms. The third-order valence-electron chi connectivity index (χ3n) is 11.2. The summed E-state index contributed by atoms with van der Waals surface area (Å²) >= 11 is 14.0. The number of nitrogens with one attached hydrogen (secondary N) is 3. The quantitative estimate of drug-likeness (QED) is 0.181. The molecule has 0 spiro atoms. The SMILES string of the molecule is CN[C@@H](C(=O)N[C@H]1CC[C@@H](C(=O)O)CC1)[C@H](c1ccccc1Cl)[C@]12CN(Cc3ccc(-c4nnn[nH]4)c(c3)C1(C)C)c1ccc(Cl)cc12. The molecule has 3 aromatic carbocycles. The zero-order valence-corrected chi connectivity index (χ0v) is 28.6. The predicted molar refractivity (Wildman–Crippen MR) is 185 cm³/mol. The standard InChI is InChI=1S/C36H39Cl2N7O3/c1-35(2)26-16-20(8-14-24(26)32-41-43-44-42-32)18-45-19-36(35,27-17-22(37)11-15-29(27)45)30(25-6-4-5-7-28(25)38)31(39-3)33(46)40-23-12-9-21(10-13-23)34(47)48/h4-8,11,14-17,21,23,30-31,39H,9-10,12-13,18-19H2,1-3H3,(H,40,46)(H,47,48)(H,41,42,43,44)/t21-,23+,30-,31+,36+/m0/s1. The highest BCUT2D eigenvalue weighted by atomic mass is 35.5. The van der Waals surface area contributed by atoms with Crippen molar-refractivity contribution in [1.82, 2.24) is 31.3 Å². The number of nitrogens with zero attached hydrogens (tertiary/aromatic N) is 4. The lowest BCUT2D eigenvalue weighted by Gasteiger charge is -2.53. The average Bonchev–Trinajstić information content (AvgIpc) is 3.72. The van der Waals surface area contributed by atoms with Crippen molar-refractivity contribution in [2.45, 2.75) is 74.9 Å². The summed E-state index contributed by atoms with van der Waals surface area (Å²) in [6, 6.07) is 19.4. The summed E-state index contributed by atoms with van der Waals surface area (Å²) in [6.07, 6.45) is 2.29. The molecular formula is C36H39Cl2N7O3. The van der Waals surface area contributed by atoms with Gasteiger partial charge in [0.1, 0.15) is 0 Å².